The Labute approximate surface area is 94.7 Å². The largest absolute Gasteiger partial charge is 0.361 e. The van der Waals surface area contributed by atoms with E-state index in [1.54, 1.807) is 12.3 Å². The van der Waals surface area contributed by atoms with E-state index in [-0.39, 0.29) is 5.43 Å². The van der Waals surface area contributed by atoms with Crippen molar-refractivity contribution < 1.29 is 0 Å². The molecule has 0 radical (unpaired) electrons. The van der Waals surface area contributed by atoms with Crippen LogP contribution in [0.4, 0.5) is 0 Å². The lowest BCUT2D eigenvalue weighted by Gasteiger charge is -2.09. The normalized spacial score (nSPS) is 11.2. The molecule has 0 aliphatic carbocycles. The number of hydrogen-bond acceptors (Lipinski definition) is 2. The summed E-state index contributed by atoms with van der Waals surface area (Å²) < 4.78 is 0. The number of rotatable bonds is 3. The number of hydrogen-bond donors (Lipinski definition) is 1. The van der Waals surface area contributed by atoms with E-state index in [1.165, 1.54) is 5.56 Å². The Hall–Kier alpha value is -1.61. The SMILES string of the molecule is CN(C)CCc1ccc2c(=O)cc[nH]c2c1. The van der Waals surface area contributed by atoms with Gasteiger partial charge in [0.15, 0.2) is 5.43 Å². The van der Waals surface area contributed by atoms with Crippen molar-refractivity contribution >= 4 is 10.9 Å². The smallest absolute Gasteiger partial charge is 0.189 e. The van der Waals surface area contributed by atoms with Gasteiger partial charge in [-0.1, -0.05) is 6.07 Å². The van der Waals surface area contributed by atoms with Crippen LogP contribution in [0.5, 0.6) is 0 Å². The Kier molecular flexibility index (Phi) is 3.06. The van der Waals surface area contributed by atoms with E-state index in [0.717, 1.165) is 23.9 Å². The maximum atomic E-state index is 11.5. The molecule has 84 valence electrons. The minimum atomic E-state index is 0.0768. The van der Waals surface area contributed by atoms with Crippen molar-refractivity contribution in [2.75, 3.05) is 20.6 Å². The van der Waals surface area contributed by atoms with Crippen LogP contribution in [0.1, 0.15) is 5.56 Å². The van der Waals surface area contributed by atoms with Gasteiger partial charge in [-0.15, -0.1) is 0 Å². The van der Waals surface area contributed by atoms with Gasteiger partial charge in [0.05, 0.1) is 0 Å². The lowest BCUT2D eigenvalue weighted by Crippen LogP contribution is -2.15. The number of fused-ring (bicyclic) bond motifs is 1. The van der Waals surface area contributed by atoms with Crippen LogP contribution in [0.2, 0.25) is 0 Å². The summed E-state index contributed by atoms with van der Waals surface area (Å²) in [7, 11) is 4.12. The fourth-order valence-corrected chi connectivity index (χ4v) is 1.73. The summed E-state index contributed by atoms with van der Waals surface area (Å²) in [6.07, 6.45) is 2.69. The molecule has 2 aromatic rings. The predicted molar refractivity (Wildman–Crippen MR) is 66.8 cm³/mol. The standard InChI is InChI=1S/C13H16N2O/c1-15(2)8-6-10-3-4-11-12(9-10)14-7-5-13(11)16/h3-5,7,9H,6,8H2,1-2H3,(H,14,16). The van der Waals surface area contributed by atoms with Crippen molar-refractivity contribution in [3.63, 3.8) is 0 Å². The summed E-state index contributed by atoms with van der Waals surface area (Å²) in [6, 6.07) is 7.54. The predicted octanol–water partition coefficient (Wildman–Crippen LogP) is 1.63. The zero-order chi connectivity index (χ0) is 11.5. The number of aromatic nitrogens is 1. The maximum absolute atomic E-state index is 11.5. The highest BCUT2D eigenvalue weighted by Gasteiger charge is 2.00. The Morgan fingerprint density at radius 2 is 2.06 bits per heavy atom. The van der Waals surface area contributed by atoms with E-state index < -0.39 is 0 Å². The Morgan fingerprint density at radius 3 is 2.81 bits per heavy atom. The van der Waals surface area contributed by atoms with Crippen molar-refractivity contribution in [2.24, 2.45) is 0 Å². The first-order chi connectivity index (χ1) is 7.66. The zero-order valence-electron chi connectivity index (χ0n) is 9.66. The molecular weight excluding hydrogens is 200 g/mol. The molecule has 16 heavy (non-hydrogen) atoms. The molecule has 1 aromatic heterocycles. The minimum Gasteiger partial charge on any atom is -0.361 e. The summed E-state index contributed by atoms with van der Waals surface area (Å²) in [5, 5.41) is 0.760. The molecule has 1 aromatic carbocycles. The summed E-state index contributed by atoms with van der Waals surface area (Å²) >= 11 is 0. The number of pyridine rings is 1. The third-order valence-electron chi connectivity index (χ3n) is 2.67. The van der Waals surface area contributed by atoms with Gasteiger partial charge in [-0.25, -0.2) is 0 Å². The van der Waals surface area contributed by atoms with Crippen LogP contribution in [0, 0.1) is 0 Å². The molecule has 3 nitrogen and oxygen atoms in total. The van der Waals surface area contributed by atoms with E-state index >= 15 is 0 Å². The molecule has 0 fully saturated rings. The number of likely N-dealkylation sites (N-methyl/N-ethyl adjacent to an activating group) is 1. The fourth-order valence-electron chi connectivity index (χ4n) is 1.73. The van der Waals surface area contributed by atoms with Crippen molar-refractivity contribution in [1.82, 2.24) is 9.88 Å². The molecule has 0 bridgehead atoms. The number of benzene rings is 1. The first kappa shape index (κ1) is 10.9. The second-order valence-corrected chi connectivity index (χ2v) is 4.28. The summed E-state index contributed by atoms with van der Waals surface area (Å²) in [4.78, 5) is 16.8. The highest BCUT2D eigenvalue weighted by molar-refractivity contribution is 5.78. The average molecular weight is 216 g/mol. The van der Waals surface area contributed by atoms with Crippen molar-refractivity contribution in [3.8, 4) is 0 Å². The van der Waals surface area contributed by atoms with E-state index in [9.17, 15) is 4.79 Å². The molecule has 2 rings (SSSR count). The molecule has 0 saturated carbocycles. The molecule has 1 N–H and O–H groups in total. The van der Waals surface area contributed by atoms with E-state index in [0.29, 0.717) is 0 Å². The monoisotopic (exact) mass is 216 g/mol. The summed E-state index contributed by atoms with van der Waals surface area (Å²) in [5.74, 6) is 0. The third kappa shape index (κ3) is 2.31. The van der Waals surface area contributed by atoms with Crippen molar-refractivity contribution in [1.29, 1.82) is 0 Å². The Bertz CT molecular complexity index is 543. The van der Waals surface area contributed by atoms with Gasteiger partial charge in [-0.3, -0.25) is 4.79 Å². The Balaban J connectivity index is 2.34. The zero-order valence-corrected chi connectivity index (χ0v) is 9.66. The molecule has 0 atom stereocenters. The van der Waals surface area contributed by atoms with Crippen LogP contribution in [0.25, 0.3) is 10.9 Å². The van der Waals surface area contributed by atoms with Gasteiger partial charge in [0.25, 0.3) is 0 Å². The van der Waals surface area contributed by atoms with Crippen LogP contribution in [-0.4, -0.2) is 30.5 Å². The Morgan fingerprint density at radius 1 is 1.25 bits per heavy atom. The lowest BCUT2D eigenvalue weighted by atomic mass is 10.1. The number of aromatic amines is 1. The van der Waals surface area contributed by atoms with E-state index in [4.69, 9.17) is 0 Å². The van der Waals surface area contributed by atoms with Gasteiger partial charge in [0.1, 0.15) is 0 Å². The molecule has 1 heterocycles. The number of nitrogens with zero attached hydrogens (tertiary/aromatic N) is 1. The summed E-state index contributed by atoms with van der Waals surface area (Å²) in [5.41, 5.74) is 2.25. The lowest BCUT2D eigenvalue weighted by molar-refractivity contribution is 0.414. The van der Waals surface area contributed by atoms with Gasteiger partial charge in [-0.2, -0.15) is 0 Å². The second kappa shape index (κ2) is 4.49. The van der Waals surface area contributed by atoms with Crippen molar-refractivity contribution in [3.05, 3.63) is 46.2 Å². The van der Waals surface area contributed by atoms with E-state index in [1.807, 2.05) is 12.1 Å². The van der Waals surface area contributed by atoms with Crippen LogP contribution in [0.15, 0.2) is 35.3 Å². The van der Waals surface area contributed by atoms with E-state index in [2.05, 4.69) is 30.0 Å². The molecule has 0 aliphatic rings. The minimum absolute atomic E-state index is 0.0768. The molecule has 0 unspecified atom stereocenters. The fraction of sp³-hybridized carbons (Fsp3) is 0.308. The number of nitrogens with one attached hydrogen (secondary N) is 1. The molecule has 0 amide bonds. The summed E-state index contributed by atoms with van der Waals surface area (Å²) in [6.45, 7) is 1.02. The molecule has 0 spiro atoms. The maximum Gasteiger partial charge on any atom is 0.189 e. The van der Waals surface area contributed by atoms with Gasteiger partial charge in [0, 0.05) is 29.7 Å². The van der Waals surface area contributed by atoms with Gasteiger partial charge in [-0.05, 0) is 38.2 Å². The quantitative estimate of drug-likeness (QED) is 0.846. The van der Waals surface area contributed by atoms with Crippen LogP contribution in [-0.2, 0) is 6.42 Å². The molecule has 0 aliphatic heterocycles. The van der Waals surface area contributed by atoms with Crippen LogP contribution < -0.4 is 5.43 Å². The van der Waals surface area contributed by atoms with Gasteiger partial charge >= 0.3 is 0 Å². The molecule has 3 heteroatoms. The molecule has 0 saturated heterocycles. The second-order valence-electron chi connectivity index (χ2n) is 4.28. The first-order valence-electron chi connectivity index (χ1n) is 5.42. The molecular formula is C13H16N2O. The third-order valence-corrected chi connectivity index (χ3v) is 2.67. The van der Waals surface area contributed by atoms with Gasteiger partial charge in [0.2, 0.25) is 0 Å². The highest BCUT2D eigenvalue weighted by atomic mass is 16.1. The average Bonchev–Trinajstić information content (AvgIpc) is 2.26. The highest BCUT2D eigenvalue weighted by Crippen LogP contribution is 2.10. The van der Waals surface area contributed by atoms with Crippen LogP contribution >= 0.6 is 0 Å². The van der Waals surface area contributed by atoms with Crippen LogP contribution in [0.3, 0.4) is 0 Å². The topological polar surface area (TPSA) is 36.1 Å². The van der Waals surface area contributed by atoms with Gasteiger partial charge < -0.3 is 9.88 Å². The number of H-pyrrole nitrogens is 1. The van der Waals surface area contributed by atoms with Crippen molar-refractivity contribution in [2.45, 2.75) is 6.42 Å². The first-order valence-corrected chi connectivity index (χ1v) is 5.42.